The molecule has 0 spiro atoms. The van der Waals surface area contributed by atoms with Gasteiger partial charge in [-0.3, -0.25) is 13.9 Å². The molecule has 0 N–H and O–H groups in total. The molecule has 2 aromatic carbocycles. The van der Waals surface area contributed by atoms with Gasteiger partial charge in [0.2, 0.25) is 5.95 Å². The predicted molar refractivity (Wildman–Crippen MR) is 121 cm³/mol. The monoisotopic (exact) mass is 433 g/mol. The quantitative estimate of drug-likeness (QED) is 0.497. The van der Waals surface area contributed by atoms with Crippen molar-refractivity contribution < 1.29 is 4.39 Å². The highest BCUT2D eigenvalue weighted by atomic mass is 19.1. The van der Waals surface area contributed by atoms with Crippen LogP contribution in [0, 0.1) is 11.7 Å². The van der Waals surface area contributed by atoms with Crippen LogP contribution < -0.4 is 16.1 Å². The summed E-state index contributed by atoms with van der Waals surface area (Å²) in [5, 5.41) is 0. The third-order valence-electron chi connectivity index (χ3n) is 5.99. The molecule has 32 heavy (non-hydrogen) atoms. The smallest absolute Gasteiger partial charge is 0.332 e. The third kappa shape index (κ3) is 3.41. The summed E-state index contributed by atoms with van der Waals surface area (Å²) in [6, 6.07) is 15.9. The number of imidazole rings is 1. The molecule has 0 amide bonds. The van der Waals surface area contributed by atoms with Crippen molar-refractivity contribution in [3.8, 4) is 0 Å². The summed E-state index contributed by atoms with van der Waals surface area (Å²) < 4.78 is 17.8. The summed E-state index contributed by atoms with van der Waals surface area (Å²) in [4.78, 5) is 33.4. The molecule has 1 atom stereocenters. The second-order valence-corrected chi connectivity index (χ2v) is 8.53. The molecule has 4 aromatic rings. The van der Waals surface area contributed by atoms with Gasteiger partial charge in [0, 0.05) is 26.7 Å². The topological polar surface area (TPSA) is 65.1 Å². The second kappa shape index (κ2) is 7.78. The summed E-state index contributed by atoms with van der Waals surface area (Å²) in [6.07, 6.45) is 0. The first-order valence-corrected chi connectivity index (χ1v) is 10.7. The minimum Gasteiger partial charge on any atom is -0.338 e. The Bertz CT molecular complexity index is 1400. The van der Waals surface area contributed by atoms with Crippen LogP contribution in [-0.2, 0) is 26.7 Å². The van der Waals surface area contributed by atoms with E-state index in [0.717, 1.165) is 12.1 Å². The van der Waals surface area contributed by atoms with Gasteiger partial charge in [0.05, 0.1) is 6.54 Å². The largest absolute Gasteiger partial charge is 0.338 e. The van der Waals surface area contributed by atoms with Gasteiger partial charge < -0.3 is 9.47 Å². The fourth-order valence-corrected chi connectivity index (χ4v) is 4.45. The van der Waals surface area contributed by atoms with Crippen LogP contribution in [0.3, 0.4) is 0 Å². The van der Waals surface area contributed by atoms with E-state index in [1.807, 2.05) is 22.8 Å². The molecular formula is C24H24FN5O2. The molecule has 8 heteroatoms. The molecule has 1 aliphatic rings. The van der Waals surface area contributed by atoms with Crippen LogP contribution in [0.15, 0.2) is 64.2 Å². The van der Waals surface area contributed by atoms with Crippen molar-refractivity contribution in [2.24, 2.45) is 13.0 Å². The summed E-state index contributed by atoms with van der Waals surface area (Å²) in [7, 11) is 1.63. The summed E-state index contributed by atoms with van der Waals surface area (Å²) in [5.41, 5.74) is 1.83. The zero-order valence-electron chi connectivity index (χ0n) is 18.0. The van der Waals surface area contributed by atoms with Crippen molar-refractivity contribution in [3.05, 3.63) is 92.4 Å². The fourth-order valence-electron chi connectivity index (χ4n) is 4.45. The van der Waals surface area contributed by atoms with E-state index in [0.29, 0.717) is 41.7 Å². The molecule has 0 bridgehead atoms. The van der Waals surface area contributed by atoms with Crippen molar-refractivity contribution in [2.45, 2.75) is 26.6 Å². The normalized spacial score (nSPS) is 15.8. The highest BCUT2D eigenvalue weighted by molar-refractivity contribution is 5.75. The van der Waals surface area contributed by atoms with Gasteiger partial charge in [-0.25, -0.2) is 9.18 Å². The Morgan fingerprint density at radius 2 is 1.66 bits per heavy atom. The van der Waals surface area contributed by atoms with Gasteiger partial charge in [0.15, 0.2) is 11.2 Å². The number of fused-ring (bicyclic) bond motifs is 3. The maximum Gasteiger partial charge on any atom is 0.332 e. The fraction of sp³-hybridized carbons (Fsp3) is 0.292. The first kappa shape index (κ1) is 20.2. The van der Waals surface area contributed by atoms with Crippen LogP contribution >= 0.6 is 0 Å². The van der Waals surface area contributed by atoms with Crippen LogP contribution in [0.5, 0.6) is 0 Å². The van der Waals surface area contributed by atoms with Gasteiger partial charge in [-0.15, -0.1) is 0 Å². The highest BCUT2D eigenvalue weighted by Crippen LogP contribution is 2.28. The SMILES string of the molecule is CC1CN(Cc2ccccc2)c2nc3c(c(=O)n(Cc4ccc(F)cc4)c(=O)n3C)n2C1. The van der Waals surface area contributed by atoms with Gasteiger partial charge in [0.25, 0.3) is 5.56 Å². The van der Waals surface area contributed by atoms with Crippen LogP contribution in [0.2, 0.25) is 0 Å². The molecular weight excluding hydrogens is 409 g/mol. The number of anilines is 1. The van der Waals surface area contributed by atoms with Crippen LogP contribution in [0.25, 0.3) is 11.2 Å². The van der Waals surface area contributed by atoms with Crippen LogP contribution in [0.4, 0.5) is 10.3 Å². The molecule has 5 rings (SSSR count). The number of hydrogen-bond donors (Lipinski definition) is 0. The highest BCUT2D eigenvalue weighted by Gasteiger charge is 2.29. The number of nitrogens with zero attached hydrogens (tertiary/aromatic N) is 5. The number of rotatable bonds is 4. The van der Waals surface area contributed by atoms with Gasteiger partial charge in [-0.1, -0.05) is 49.4 Å². The molecule has 1 unspecified atom stereocenters. The lowest BCUT2D eigenvalue weighted by Crippen LogP contribution is -2.41. The average molecular weight is 433 g/mol. The first-order valence-electron chi connectivity index (χ1n) is 10.7. The van der Waals surface area contributed by atoms with Gasteiger partial charge in [-0.2, -0.15) is 4.98 Å². The molecule has 1 aliphatic heterocycles. The summed E-state index contributed by atoms with van der Waals surface area (Å²) >= 11 is 0. The van der Waals surface area contributed by atoms with Gasteiger partial charge in [0.1, 0.15) is 5.82 Å². The maximum absolute atomic E-state index is 13.5. The number of halogens is 1. The van der Waals surface area contributed by atoms with Gasteiger partial charge in [-0.05, 0) is 29.2 Å². The molecule has 2 aromatic heterocycles. The molecule has 3 heterocycles. The van der Waals surface area contributed by atoms with Crippen molar-refractivity contribution in [2.75, 3.05) is 11.4 Å². The van der Waals surface area contributed by atoms with Crippen molar-refractivity contribution >= 4 is 17.1 Å². The summed E-state index contributed by atoms with van der Waals surface area (Å²) in [5.74, 6) is 0.654. The number of benzene rings is 2. The standard InChI is InChI=1S/C24H24FN5O2/c1-16-12-28(14-17-6-4-3-5-7-17)23-26-21-20(29(23)13-16)22(31)30(24(32)27(21)2)15-18-8-10-19(25)11-9-18/h3-11,16H,12-15H2,1-2H3. The number of aromatic nitrogens is 4. The minimum absolute atomic E-state index is 0.0749. The summed E-state index contributed by atoms with van der Waals surface area (Å²) in [6.45, 7) is 4.36. The van der Waals surface area contributed by atoms with Crippen molar-refractivity contribution in [3.63, 3.8) is 0 Å². The second-order valence-electron chi connectivity index (χ2n) is 8.53. The predicted octanol–water partition coefficient (Wildman–Crippen LogP) is 2.74. The lowest BCUT2D eigenvalue weighted by molar-refractivity contribution is 0.435. The molecule has 0 saturated carbocycles. The van der Waals surface area contributed by atoms with Crippen LogP contribution in [-0.4, -0.2) is 25.2 Å². The Morgan fingerprint density at radius 3 is 2.38 bits per heavy atom. The Balaban J connectivity index is 1.65. The average Bonchev–Trinajstić information content (AvgIpc) is 3.17. The lowest BCUT2D eigenvalue weighted by Gasteiger charge is -2.33. The van der Waals surface area contributed by atoms with E-state index in [1.54, 1.807) is 19.2 Å². The van der Waals surface area contributed by atoms with Crippen molar-refractivity contribution in [1.29, 1.82) is 0 Å². The van der Waals surface area contributed by atoms with Crippen LogP contribution in [0.1, 0.15) is 18.1 Å². The Labute approximate surface area is 184 Å². The van der Waals surface area contributed by atoms with E-state index in [-0.39, 0.29) is 17.9 Å². The molecule has 0 fully saturated rings. The minimum atomic E-state index is -0.440. The molecule has 7 nitrogen and oxygen atoms in total. The zero-order chi connectivity index (χ0) is 22.4. The number of hydrogen-bond acceptors (Lipinski definition) is 4. The molecule has 0 aliphatic carbocycles. The molecule has 164 valence electrons. The van der Waals surface area contributed by atoms with E-state index < -0.39 is 5.69 Å². The molecule has 0 saturated heterocycles. The lowest BCUT2D eigenvalue weighted by atomic mass is 10.1. The Morgan fingerprint density at radius 1 is 0.969 bits per heavy atom. The molecule has 0 radical (unpaired) electrons. The van der Waals surface area contributed by atoms with E-state index >= 15 is 0 Å². The van der Waals surface area contributed by atoms with E-state index in [1.165, 1.54) is 21.3 Å². The van der Waals surface area contributed by atoms with E-state index in [2.05, 4.69) is 24.0 Å². The van der Waals surface area contributed by atoms with E-state index in [9.17, 15) is 14.0 Å². The maximum atomic E-state index is 13.5. The van der Waals surface area contributed by atoms with Gasteiger partial charge >= 0.3 is 5.69 Å². The Kier molecular flexibility index (Phi) is 4.92. The zero-order valence-corrected chi connectivity index (χ0v) is 18.0. The number of aryl methyl sites for hydroxylation is 1. The Hall–Kier alpha value is -3.68. The van der Waals surface area contributed by atoms with E-state index in [4.69, 9.17) is 4.98 Å². The van der Waals surface area contributed by atoms with Crippen molar-refractivity contribution in [1.82, 2.24) is 18.7 Å². The third-order valence-corrected chi connectivity index (χ3v) is 5.99. The first-order chi connectivity index (χ1) is 15.4.